The minimum absolute atomic E-state index is 0.205. The van der Waals surface area contributed by atoms with Crippen LogP contribution in [-0.2, 0) is 0 Å². The quantitative estimate of drug-likeness (QED) is 0.791. The zero-order valence-electron chi connectivity index (χ0n) is 11.3. The lowest BCUT2D eigenvalue weighted by Gasteiger charge is -2.33. The highest BCUT2D eigenvalue weighted by atomic mass is 16.2. The Balaban J connectivity index is 1.94. The number of piperidine rings is 1. The van der Waals surface area contributed by atoms with Crippen molar-refractivity contribution < 1.29 is 4.79 Å². The van der Waals surface area contributed by atoms with Crippen LogP contribution >= 0.6 is 0 Å². The molecule has 0 aromatic heterocycles. The number of hydrogen-bond acceptors (Lipinski definition) is 1. The van der Waals surface area contributed by atoms with Gasteiger partial charge in [-0.2, -0.15) is 0 Å². The second-order valence-electron chi connectivity index (χ2n) is 5.27. The number of hydrogen-bond donors (Lipinski definition) is 0. The Morgan fingerprint density at radius 1 is 1.33 bits per heavy atom. The Hall–Kier alpha value is -1.31. The minimum Gasteiger partial charge on any atom is -0.338 e. The molecule has 1 fully saturated rings. The van der Waals surface area contributed by atoms with Crippen molar-refractivity contribution in [3.63, 3.8) is 0 Å². The average molecular weight is 245 g/mol. The maximum atomic E-state index is 12.3. The molecule has 98 valence electrons. The molecule has 1 aromatic rings. The molecule has 1 unspecified atom stereocenters. The lowest BCUT2D eigenvalue weighted by molar-refractivity contribution is 0.0666. The lowest BCUT2D eigenvalue weighted by Crippen LogP contribution is -2.39. The molecule has 0 aliphatic carbocycles. The van der Waals surface area contributed by atoms with Gasteiger partial charge in [-0.1, -0.05) is 38.0 Å². The van der Waals surface area contributed by atoms with Crippen molar-refractivity contribution in [3.8, 4) is 0 Å². The molecule has 0 N–H and O–H groups in total. The van der Waals surface area contributed by atoms with Gasteiger partial charge in [0.1, 0.15) is 0 Å². The van der Waals surface area contributed by atoms with Crippen molar-refractivity contribution in [1.29, 1.82) is 0 Å². The summed E-state index contributed by atoms with van der Waals surface area (Å²) >= 11 is 0. The Labute approximate surface area is 110 Å². The maximum Gasteiger partial charge on any atom is 0.253 e. The summed E-state index contributed by atoms with van der Waals surface area (Å²) in [5.41, 5.74) is 0.827. The largest absolute Gasteiger partial charge is 0.338 e. The Morgan fingerprint density at radius 2 is 2.11 bits per heavy atom. The van der Waals surface area contributed by atoms with Gasteiger partial charge in [-0.15, -0.1) is 0 Å². The molecule has 18 heavy (non-hydrogen) atoms. The number of benzene rings is 1. The van der Waals surface area contributed by atoms with Crippen LogP contribution in [0, 0.1) is 5.92 Å². The van der Waals surface area contributed by atoms with Crippen molar-refractivity contribution in [2.24, 2.45) is 5.92 Å². The number of carbonyl (C=O) groups is 1. The van der Waals surface area contributed by atoms with Crippen molar-refractivity contribution in [2.45, 2.75) is 39.0 Å². The fourth-order valence-electron chi connectivity index (χ4n) is 2.74. The molecule has 2 heteroatoms. The summed E-state index contributed by atoms with van der Waals surface area (Å²) in [4.78, 5) is 14.4. The van der Waals surface area contributed by atoms with Crippen molar-refractivity contribution in [3.05, 3.63) is 35.9 Å². The summed E-state index contributed by atoms with van der Waals surface area (Å²) in [6.45, 7) is 4.11. The number of unbranched alkanes of at least 4 members (excludes halogenated alkanes) is 1. The van der Waals surface area contributed by atoms with Crippen molar-refractivity contribution in [2.75, 3.05) is 13.1 Å². The fraction of sp³-hybridized carbons (Fsp3) is 0.562. The molecule has 1 aromatic carbocycles. The number of amides is 1. The third-order valence-electron chi connectivity index (χ3n) is 3.79. The number of rotatable bonds is 4. The minimum atomic E-state index is 0.205. The highest BCUT2D eigenvalue weighted by Gasteiger charge is 2.23. The fourth-order valence-corrected chi connectivity index (χ4v) is 2.74. The third kappa shape index (κ3) is 3.34. The van der Waals surface area contributed by atoms with Crippen LogP contribution in [0.5, 0.6) is 0 Å². The molecule has 1 aliphatic heterocycles. The first-order chi connectivity index (χ1) is 8.81. The predicted molar refractivity (Wildman–Crippen MR) is 74.6 cm³/mol. The van der Waals surface area contributed by atoms with Crippen LogP contribution in [0.25, 0.3) is 0 Å². The average Bonchev–Trinajstić information content (AvgIpc) is 2.45. The van der Waals surface area contributed by atoms with Crippen LogP contribution in [0.2, 0.25) is 0 Å². The van der Waals surface area contributed by atoms with Crippen molar-refractivity contribution in [1.82, 2.24) is 4.90 Å². The second-order valence-corrected chi connectivity index (χ2v) is 5.27. The Bertz CT molecular complexity index is 374. The first-order valence-corrected chi connectivity index (χ1v) is 7.15. The van der Waals surface area contributed by atoms with E-state index in [1.165, 1.54) is 25.7 Å². The Kier molecular flexibility index (Phi) is 4.80. The monoisotopic (exact) mass is 245 g/mol. The molecule has 1 aliphatic rings. The molecule has 2 nitrogen and oxygen atoms in total. The van der Waals surface area contributed by atoms with Crippen LogP contribution < -0.4 is 0 Å². The first-order valence-electron chi connectivity index (χ1n) is 7.15. The number of nitrogens with zero attached hydrogens (tertiary/aromatic N) is 1. The van der Waals surface area contributed by atoms with E-state index in [4.69, 9.17) is 0 Å². The van der Waals surface area contributed by atoms with Crippen LogP contribution in [0.3, 0.4) is 0 Å². The molecular formula is C16H23NO. The molecule has 0 saturated carbocycles. The molecule has 0 spiro atoms. The smallest absolute Gasteiger partial charge is 0.253 e. The maximum absolute atomic E-state index is 12.3. The molecular weight excluding hydrogens is 222 g/mol. The van der Waals surface area contributed by atoms with E-state index in [9.17, 15) is 4.79 Å². The lowest BCUT2D eigenvalue weighted by atomic mass is 9.92. The van der Waals surface area contributed by atoms with Gasteiger partial charge in [0.15, 0.2) is 0 Å². The molecule has 1 atom stereocenters. The van der Waals surface area contributed by atoms with E-state index < -0.39 is 0 Å². The highest BCUT2D eigenvalue weighted by Crippen LogP contribution is 2.22. The van der Waals surface area contributed by atoms with Gasteiger partial charge >= 0.3 is 0 Å². The van der Waals surface area contributed by atoms with Crippen LogP contribution in [0.4, 0.5) is 0 Å². The van der Waals surface area contributed by atoms with Gasteiger partial charge in [-0.25, -0.2) is 0 Å². The summed E-state index contributed by atoms with van der Waals surface area (Å²) in [5, 5.41) is 0. The van der Waals surface area contributed by atoms with E-state index >= 15 is 0 Å². The van der Waals surface area contributed by atoms with E-state index in [1.807, 2.05) is 35.2 Å². The van der Waals surface area contributed by atoms with E-state index in [0.29, 0.717) is 5.92 Å². The number of carbonyl (C=O) groups excluding carboxylic acids is 1. The van der Waals surface area contributed by atoms with Gasteiger partial charge in [0.05, 0.1) is 0 Å². The molecule has 0 bridgehead atoms. The summed E-state index contributed by atoms with van der Waals surface area (Å²) in [6, 6.07) is 9.66. The summed E-state index contributed by atoms with van der Waals surface area (Å²) in [6.07, 6.45) is 6.27. The normalized spacial score (nSPS) is 19.8. The van der Waals surface area contributed by atoms with E-state index in [-0.39, 0.29) is 5.91 Å². The van der Waals surface area contributed by atoms with E-state index in [0.717, 1.165) is 25.1 Å². The summed E-state index contributed by atoms with van der Waals surface area (Å²) in [5.74, 6) is 0.920. The van der Waals surface area contributed by atoms with Crippen molar-refractivity contribution >= 4 is 5.91 Å². The highest BCUT2D eigenvalue weighted by molar-refractivity contribution is 5.94. The van der Waals surface area contributed by atoms with Gasteiger partial charge < -0.3 is 4.90 Å². The van der Waals surface area contributed by atoms with E-state index in [1.54, 1.807) is 0 Å². The zero-order valence-corrected chi connectivity index (χ0v) is 11.3. The third-order valence-corrected chi connectivity index (χ3v) is 3.79. The summed E-state index contributed by atoms with van der Waals surface area (Å²) < 4.78 is 0. The summed E-state index contributed by atoms with van der Waals surface area (Å²) in [7, 11) is 0. The molecule has 2 rings (SSSR count). The zero-order chi connectivity index (χ0) is 12.8. The Morgan fingerprint density at radius 3 is 2.83 bits per heavy atom. The van der Waals surface area contributed by atoms with Crippen LogP contribution in [0.1, 0.15) is 49.4 Å². The standard InChI is InChI=1S/C16H23NO/c1-2-3-8-14-9-7-12-17(13-14)16(18)15-10-5-4-6-11-15/h4-6,10-11,14H,2-3,7-9,12-13H2,1H3. The first kappa shape index (κ1) is 13.1. The predicted octanol–water partition coefficient (Wildman–Crippen LogP) is 3.73. The van der Waals surface area contributed by atoms with Gasteiger partial charge in [0.25, 0.3) is 5.91 Å². The SMILES string of the molecule is CCCCC1CCCN(C(=O)c2ccccc2)C1. The molecule has 1 heterocycles. The van der Waals surface area contributed by atoms with E-state index in [2.05, 4.69) is 6.92 Å². The van der Waals surface area contributed by atoms with Gasteiger partial charge in [-0.05, 0) is 37.3 Å². The molecule has 1 saturated heterocycles. The van der Waals surface area contributed by atoms with Gasteiger partial charge in [0.2, 0.25) is 0 Å². The number of likely N-dealkylation sites (tertiary alicyclic amines) is 1. The molecule has 1 amide bonds. The van der Waals surface area contributed by atoms with Gasteiger partial charge in [-0.3, -0.25) is 4.79 Å². The second kappa shape index (κ2) is 6.58. The van der Waals surface area contributed by atoms with Crippen LogP contribution in [0.15, 0.2) is 30.3 Å². The van der Waals surface area contributed by atoms with Crippen LogP contribution in [-0.4, -0.2) is 23.9 Å². The topological polar surface area (TPSA) is 20.3 Å². The van der Waals surface area contributed by atoms with Gasteiger partial charge in [0, 0.05) is 18.7 Å². The molecule has 0 radical (unpaired) electrons.